The molecule has 2 rings (SSSR count). The monoisotopic (exact) mass is 220 g/mol. The van der Waals surface area contributed by atoms with Gasteiger partial charge in [-0.15, -0.1) is 0 Å². The van der Waals surface area contributed by atoms with E-state index in [1.807, 2.05) is 0 Å². The van der Waals surface area contributed by atoms with E-state index in [9.17, 15) is 9.18 Å². The summed E-state index contributed by atoms with van der Waals surface area (Å²) in [6.07, 6.45) is 3.54. The number of benzene rings is 1. The molecule has 2 aromatic rings. The first-order valence-electron chi connectivity index (χ1n) is 4.61. The molecule has 0 saturated heterocycles. The van der Waals surface area contributed by atoms with Gasteiger partial charge in [0.2, 0.25) is 0 Å². The van der Waals surface area contributed by atoms with Crippen LogP contribution in [0.3, 0.4) is 0 Å². The molecule has 0 bridgehead atoms. The second kappa shape index (κ2) is 4.14. The fourth-order valence-electron chi connectivity index (χ4n) is 1.30. The molecule has 5 heteroatoms. The molecule has 1 aromatic heterocycles. The number of nitrogens with zero attached hydrogens (tertiary/aromatic N) is 2. The maximum absolute atomic E-state index is 13.2. The van der Waals surface area contributed by atoms with Crippen molar-refractivity contribution in [1.82, 2.24) is 9.78 Å². The molecule has 0 N–H and O–H groups in total. The number of ether oxygens (including phenoxy) is 1. The van der Waals surface area contributed by atoms with Crippen LogP contribution in [0, 0.1) is 5.82 Å². The lowest BCUT2D eigenvalue weighted by atomic mass is 10.2. The highest BCUT2D eigenvalue weighted by Crippen LogP contribution is 2.25. The van der Waals surface area contributed by atoms with E-state index in [1.165, 1.54) is 24.4 Å². The summed E-state index contributed by atoms with van der Waals surface area (Å²) in [6.45, 7) is 0. The van der Waals surface area contributed by atoms with Crippen molar-refractivity contribution in [2.24, 2.45) is 7.05 Å². The van der Waals surface area contributed by atoms with E-state index in [-0.39, 0.29) is 11.3 Å². The number of aryl methyl sites for hydroxylation is 1. The zero-order valence-electron chi connectivity index (χ0n) is 8.55. The highest BCUT2D eigenvalue weighted by molar-refractivity contribution is 5.79. The van der Waals surface area contributed by atoms with Gasteiger partial charge < -0.3 is 4.74 Å². The van der Waals surface area contributed by atoms with E-state index in [2.05, 4.69) is 5.10 Å². The van der Waals surface area contributed by atoms with Crippen molar-refractivity contribution in [3.8, 4) is 11.5 Å². The number of aldehydes is 1. The summed E-state index contributed by atoms with van der Waals surface area (Å²) in [6, 6.07) is 4.22. The van der Waals surface area contributed by atoms with Crippen LogP contribution in [0.2, 0.25) is 0 Å². The van der Waals surface area contributed by atoms with Gasteiger partial charge in [0.15, 0.2) is 12.0 Å². The summed E-state index contributed by atoms with van der Waals surface area (Å²) in [5.41, 5.74) is -0.0913. The third-order valence-electron chi connectivity index (χ3n) is 2.04. The predicted molar refractivity (Wildman–Crippen MR) is 55.1 cm³/mol. The van der Waals surface area contributed by atoms with Gasteiger partial charge in [0, 0.05) is 7.05 Å². The van der Waals surface area contributed by atoms with Gasteiger partial charge in [-0.05, 0) is 12.1 Å². The lowest BCUT2D eigenvalue weighted by Gasteiger charge is -2.05. The van der Waals surface area contributed by atoms with E-state index in [1.54, 1.807) is 17.9 Å². The Morgan fingerprint density at radius 3 is 2.94 bits per heavy atom. The Bertz CT molecular complexity index is 522. The molecule has 82 valence electrons. The maximum atomic E-state index is 13.2. The molecular weight excluding hydrogens is 211 g/mol. The normalized spacial score (nSPS) is 10.1. The second-order valence-electron chi connectivity index (χ2n) is 3.22. The average molecular weight is 220 g/mol. The van der Waals surface area contributed by atoms with E-state index < -0.39 is 5.82 Å². The fraction of sp³-hybridized carbons (Fsp3) is 0.0909. The topological polar surface area (TPSA) is 44.1 Å². The van der Waals surface area contributed by atoms with Crippen molar-refractivity contribution in [3.63, 3.8) is 0 Å². The van der Waals surface area contributed by atoms with Crippen LogP contribution in [-0.2, 0) is 7.05 Å². The molecule has 16 heavy (non-hydrogen) atoms. The van der Waals surface area contributed by atoms with Gasteiger partial charge >= 0.3 is 0 Å². The first-order valence-corrected chi connectivity index (χ1v) is 4.61. The molecule has 0 aliphatic carbocycles. The third-order valence-corrected chi connectivity index (χ3v) is 2.04. The number of aromatic nitrogens is 2. The lowest BCUT2D eigenvalue weighted by molar-refractivity contribution is 0.111. The Kier molecular flexibility index (Phi) is 2.68. The van der Waals surface area contributed by atoms with Crippen LogP contribution in [0.15, 0.2) is 30.6 Å². The zero-order valence-corrected chi connectivity index (χ0v) is 8.55. The number of halogens is 1. The lowest BCUT2D eigenvalue weighted by Crippen LogP contribution is -1.93. The van der Waals surface area contributed by atoms with Crippen molar-refractivity contribution in [2.75, 3.05) is 0 Å². The highest BCUT2D eigenvalue weighted by Gasteiger charge is 2.09. The van der Waals surface area contributed by atoms with Crippen LogP contribution in [0.5, 0.6) is 11.5 Å². The standard InChI is InChI=1S/C11H9FN2O2/c1-14-6-8(5-13-14)16-11-4-2-3-10(12)9(11)7-15/h2-7H,1H3. The summed E-state index contributed by atoms with van der Waals surface area (Å²) < 4.78 is 20.1. The first kappa shape index (κ1) is 10.4. The molecule has 0 spiro atoms. The number of rotatable bonds is 3. The van der Waals surface area contributed by atoms with E-state index in [0.717, 1.165) is 0 Å². The van der Waals surface area contributed by atoms with Crippen LogP contribution in [0.1, 0.15) is 10.4 Å². The molecule has 1 heterocycles. The molecule has 0 fully saturated rings. The minimum Gasteiger partial charge on any atom is -0.453 e. The van der Waals surface area contributed by atoms with Crippen molar-refractivity contribution < 1.29 is 13.9 Å². The van der Waals surface area contributed by atoms with E-state index in [0.29, 0.717) is 12.0 Å². The Hall–Kier alpha value is -2.17. The number of carbonyl (C=O) groups is 1. The molecule has 0 saturated carbocycles. The minimum atomic E-state index is -0.601. The maximum Gasteiger partial charge on any atom is 0.165 e. The molecule has 0 aliphatic heterocycles. The molecule has 1 aromatic carbocycles. The molecule has 0 atom stereocenters. The van der Waals surface area contributed by atoms with Crippen molar-refractivity contribution >= 4 is 6.29 Å². The highest BCUT2D eigenvalue weighted by atomic mass is 19.1. The van der Waals surface area contributed by atoms with Gasteiger partial charge in [0.05, 0.1) is 18.0 Å². The fourth-order valence-corrected chi connectivity index (χ4v) is 1.30. The summed E-state index contributed by atoms with van der Waals surface area (Å²) in [5.74, 6) is 0.0376. The smallest absolute Gasteiger partial charge is 0.165 e. The summed E-state index contributed by atoms with van der Waals surface area (Å²) in [4.78, 5) is 10.7. The largest absolute Gasteiger partial charge is 0.453 e. The molecule has 0 aliphatic rings. The van der Waals surface area contributed by atoms with Gasteiger partial charge in [0.1, 0.15) is 11.6 Å². The zero-order chi connectivity index (χ0) is 11.5. The summed E-state index contributed by atoms with van der Waals surface area (Å²) >= 11 is 0. The molecule has 4 nitrogen and oxygen atoms in total. The van der Waals surface area contributed by atoms with Gasteiger partial charge in [-0.3, -0.25) is 9.48 Å². The van der Waals surface area contributed by atoms with Crippen LogP contribution >= 0.6 is 0 Å². The number of hydrogen-bond donors (Lipinski definition) is 0. The third kappa shape index (κ3) is 1.93. The van der Waals surface area contributed by atoms with Crippen molar-refractivity contribution in [3.05, 3.63) is 42.0 Å². The van der Waals surface area contributed by atoms with E-state index in [4.69, 9.17) is 4.74 Å². The van der Waals surface area contributed by atoms with Gasteiger partial charge in [-0.25, -0.2) is 4.39 Å². The van der Waals surface area contributed by atoms with Crippen molar-refractivity contribution in [2.45, 2.75) is 0 Å². The first-order chi connectivity index (χ1) is 7.70. The SMILES string of the molecule is Cn1cc(Oc2cccc(F)c2C=O)cn1. The predicted octanol–water partition coefficient (Wildman–Crippen LogP) is 2.16. The quantitative estimate of drug-likeness (QED) is 0.744. The summed E-state index contributed by atoms with van der Waals surface area (Å²) in [5, 5.41) is 3.90. The average Bonchev–Trinajstić information content (AvgIpc) is 2.64. The second-order valence-corrected chi connectivity index (χ2v) is 3.22. The molecule has 0 amide bonds. The van der Waals surface area contributed by atoms with Gasteiger partial charge in [-0.2, -0.15) is 5.10 Å². The number of carbonyl (C=O) groups excluding carboxylic acids is 1. The minimum absolute atomic E-state index is 0.0913. The van der Waals surface area contributed by atoms with Gasteiger partial charge in [0.25, 0.3) is 0 Å². The van der Waals surface area contributed by atoms with Crippen LogP contribution in [-0.4, -0.2) is 16.1 Å². The van der Waals surface area contributed by atoms with Crippen LogP contribution < -0.4 is 4.74 Å². The van der Waals surface area contributed by atoms with Crippen LogP contribution in [0.25, 0.3) is 0 Å². The van der Waals surface area contributed by atoms with Gasteiger partial charge in [-0.1, -0.05) is 6.07 Å². The molecular formula is C11H9FN2O2. The number of hydrogen-bond acceptors (Lipinski definition) is 3. The van der Waals surface area contributed by atoms with Crippen molar-refractivity contribution in [1.29, 1.82) is 0 Å². The van der Waals surface area contributed by atoms with Crippen LogP contribution in [0.4, 0.5) is 4.39 Å². The Balaban J connectivity index is 2.34. The molecule has 0 unspecified atom stereocenters. The Morgan fingerprint density at radius 1 is 1.50 bits per heavy atom. The summed E-state index contributed by atoms with van der Waals surface area (Å²) in [7, 11) is 1.74. The Labute approximate surface area is 91.3 Å². The van der Waals surface area contributed by atoms with E-state index >= 15 is 0 Å². The Morgan fingerprint density at radius 2 is 2.31 bits per heavy atom. The molecule has 0 radical (unpaired) electrons.